The minimum atomic E-state index is -0.194. The molecule has 0 aliphatic rings. The minimum Gasteiger partial charge on any atom is -0.457 e. The highest BCUT2D eigenvalue weighted by molar-refractivity contribution is 14.1. The average molecular weight is 415 g/mol. The van der Waals surface area contributed by atoms with Crippen molar-refractivity contribution in [3.63, 3.8) is 0 Å². The smallest absolute Gasteiger partial charge is 0.259 e. The molecule has 23 heavy (non-hydrogen) atoms. The maximum absolute atomic E-state index is 12.6. The number of halogens is 1. The molecule has 0 saturated heterocycles. The summed E-state index contributed by atoms with van der Waals surface area (Å²) in [4.78, 5) is 12.6. The summed E-state index contributed by atoms with van der Waals surface area (Å²) in [5.74, 6) is 1.03. The lowest BCUT2D eigenvalue weighted by atomic mass is 10.2. The van der Waals surface area contributed by atoms with Crippen LogP contribution in [0.5, 0.6) is 11.5 Å². The van der Waals surface area contributed by atoms with E-state index in [4.69, 9.17) is 4.74 Å². The van der Waals surface area contributed by atoms with Crippen LogP contribution in [0.25, 0.3) is 0 Å². The molecule has 3 rings (SSSR count). The van der Waals surface area contributed by atoms with Crippen LogP contribution in [-0.4, -0.2) is 5.91 Å². The second-order valence-electron chi connectivity index (χ2n) is 4.85. The first-order chi connectivity index (χ1) is 11.2. The molecule has 114 valence electrons. The van der Waals surface area contributed by atoms with Gasteiger partial charge in [0.05, 0.1) is 11.3 Å². The first-order valence-corrected chi connectivity index (χ1v) is 8.20. The number of rotatable bonds is 4. The van der Waals surface area contributed by atoms with Crippen molar-refractivity contribution in [2.45, 2.75) is 0 Å². The van der Waals surface area contributed by atoms with E-state index in [1.54, 1.807) is 12.1 Å². The number of hydrogen-bond donors (Lipinski definition) is 1. The lowest BCUT2D eigenvalue weighted by Gasteiger charge is -2.12. The molecular weight excluding hydrogens is 401 g/mol. The van der Waals surface area contributed by atoms with Crippen LogP contribution in [0.3, 0.4) is 0 Å². The molecule has 0 aliphatic heterocycles. The van der Waals surface area contributed by atoms with Crippen molar-refractivity contribution in [3.05, 3.63) is 88.0 Å². The van der Waals surface area contributed by atoms with Crippen LogP contribution < -0.4 is 10.1 Å². The van der Waals surface area contributed by atoms with Crippen LogP contribution in [0.1, 0.15) is 10.4 Å². The maximum atomic E-state index is 12.6. The third kappa shape index (κ3) is 3.90. The van der Waals surface area contributed by atoms with Gasteiger partial charge in [0.1, 0.15) is 11.5 Å². The van der Waals surface area contributed by atoms with Gasteiger partial charge in [-0.2, -0.15) is 0 Å². The Labute approximate surface area is 148 Å². The molecule has 0 saturated carbocycles. The average Bonchev–Trinajstić information content (AvgIpc) is 2.58. The molecule has 3 nitrogen and oxygen atoms in total. The van der Waals surface area contributed by atoms with Gasteiger partial charge in [0.25, 0.3) is 5.91 Å². The summed E-state index contributed by atoms with van der Waals surface area (Å²) >= 11 is 2.19. The van der Waals surface area contributed by atoms with Crippen LogP contribution >= 0.6 is 22.6 Å². The Kier molecular flexibility index (Phi) is 4.92. The molecule has 4 heteroatoms. The van der Waals surface area contributed by atoms with Crippen molar-refractivity contribution in [1.29, 1.82) is 0 Å². The van der Waals surface area contributed by atoms with E-state index >= 15 is 0 Å². The number of ether oxygens (including phenoxy) is 1. The summed E-state index contributed by atoms with van der Waals surface area (Å²) in [6.07, 6.45) is 0. The van der Waals surface area contributed by atoms with E-state index in [-0.39, 0.29) is 5.91 Å². The van der Waals surface area contributed by atoms with Gasteiger partial charge in [-0.15, -0.1) is 0 Å². The zero-order chi connectivity index (χ0) is 16.1. The summed E-state index contributed by atoms with van der Waals surface area (Å²) in [5, 5.41) is 2.93. The van der Waals surface area contributed by atoms with Crippen molar-refractivity contribution in [2.24, 2.45) is 0 Å². The number of anilines is 1. The monoisotopic (exact) mass is 415 g/mol. The van der Waals surface area contributed by atoms with E-state index in [2.05, 4.69) is 27.9 Å². The van der Waals surface area contributed by atoms with E-state index in [1.165, 1.54) is 0 Å². The Hall–Kier alpha value is -2.34. The molecule has 0 fully saturated rings. The standard InChI is InChI=1S/C19H14INO2/c20-16-11-5-6-12-17(16)21-19(22)15-10-4-7-13-18(15)23-14-8-2-1-3-9-14/h1-13H,(H,21,22). The van der Waals surface area contributed by atoms with E-state index in [9.17, 15) is 4.79 Å². The van der Waals surface area contributed by atoms with Crippen molar-refractivity contribution < 1.29 is 9.53 Å². The molecule has 0 bridgehead atoms. The quantitative estimate of drug-likeness (QED) is 0.585. The SMILES string of the molecule is O=C(Nc1ccccc1I)c1ccccc1Oc1ccccc1. The Morgan fingerprint density at radius 1 is 0.826 bits per heavy atom. The van der Waals surface area contributed by atoms with Crippen LogP contribution in [-0.2, 0) is 0 Å². The Morgan fingerprint density at radius 2 is 1.48 bits per heavy atom. The molecule has 0 aromatic heterocycles. The van der Waals surface area contributed by atoms with Crippen molar-refractivity contribution in [3.8, 4) is 11.5 Å². The van der Waals surface area contributed by atoms with Crippen molar-refractivity contribution in [1.82, 2.24) is 0 Å². The molecule has 0 aliphatic carbocycles. The second-order valence-corrected chi connectivity index (χ2v) is 6.01. The molecule has 1 amide bonds. The molecule has 0 atom stereocenters. The predicted molar refractivity (Wildman–Crippen MR) is 100 cm³/mol. The Bertz CT molecular complexity index is 818. The Balaban J connectivity index is 1.85. The summed E-state index contributed by atoms with van der Waals surface area (Å²) in [6, 6.07) is 24.3. The molecule has 0 radical (unpaired) electrons. The third-order valence-corrected chi connectivity index (χ3v) is 4.17. The number of benzene rings is 3. The third-order valence-electron chi connectivity index (χ3n) is 3.22. The van der Waals surface area contributed by atoms with E-state index in [0.717, 1.165) is 9.26 Å². The number of carbonyl (C=O) groups is 1. The molecular formula is C19H14INO2. The fraction of sp³-hybridized carbons (Fsp3) is 0. The normalized spacial score (nSPS) is 10.1. The summed E-state index contributed by atoms with van der Waals surface area (Å²) in [7, 11) is 0. The minimum absolute atomic E-state index is 0.194. The van der Waals surface area contributed by atoms with Gasteiger partial charge in [-0.3, -0.25) is 4.79 Å². The topological polar surface area (TPSA) is 38.3 Å². The van der Waals surface area contributed by atoms with Crippen molar-refractivity contribution in [2.75, 3.05) is 5.32 Å². The first kappa shape index (κ1) is 15.6. The van der Waals surface area contributed by atoms with Crippen molar-refractivity contribution >= 4 is 34.2 Å². The molecule has 3 aromatic rings. The largest absolute Gasteiger partial charge is 0.457 e. The second kappa shape index (κ2) is 7.28. The van der Waals surface area contributed by atoms with Gasteiger partial charge >= 0.3 is 0 Å². The molecule has 0 heterocycles. The van der Waals surface area contributed by atoms with E-state index < -0.39 is 0 Å². The van der Waals surface area contributed by atoms with Gasteiger partial charge in [-0.25, -0.2) is 0 Å². The van der Waals surface area contributed by atoms with Gasteiger partial charge in [-0.1, -0.05) is 42.5 Å². The van der Waals surface area contributed by atoms with Crippen LogP contribution in [0.2, 0.25) is 0 Å². The number of hydrogen-bond acceptors (Lipinski definition) is 2. The highest BCUT2D eigenvalue weighted by Gasteiger charge is 2.14. The fourth-order valence-corrected chi connectivity index (χ4v) is 2.63. The van der Waals surface area contributed by atoms with Gasteiger partial charge in [-0.05, 0) is 59.0 Å². The zero-order valence-electron chi connectivity index (χ0n) is 12.2. The summed E-state index contributed by atoms with van der Waals surface area (Å²) < 4.78 is 6.82. The van der Waals surface area contributed by atoms with E-state index in [0.29, 0.717) is 17.1 Å². The first-order valence-electron chi connectivity index (χ1n) is 7.12. The highest BCUT2D eigenvalue weighted by atomic mass is 127. The molecule has 3 aromatic carbocycles. The summed E-state index contributed by atoms with van der Waals surface area (Å²) in [5.41, 5.74) is 1.28. The van der Waals surface area contributed by atoms with Gasteiger partial charge in [0, 0.05) is 3.57 Å². The lowest BCUT2D eigenvalue weighted by molar-refractivity contribution is 0.102. The molecule has 0 unspecified atom stereocenters. The van der Waals surface area contributed by atoms with Crippen LogP contribution in [0.15, 0.2) is 78.9 Å². The summed E-state index contributed by atoms with van der Waals surface area (Å²) in [6.45, 7) is 0. The van der Waals surface area contributed by atoms with E-state index in [1.807, 2.05) is 66.7 Å². The lowest BCUT2D eigenvalue weighted by Crippen LogP contribution is -2.13. The number of nitrogens with one attached hydrogen (secondary N) is 1. The number of amides is 1. The van der Waals surface area contributed by atoms with Gasteiger partial charge in [0.2, 0.25) is 0 Å². The number of para-hydroxylation sites is 3. The van der Waals surface area contributed by atoms with Gasteiger partial charge in [0.15, 0.2) is 0 Å². The number of carbonyl (C=O) groups excluding carboxylic acids is 1. The predicted octanol–water partition coefficient (Wildman–Crippen LogP) is 5.34. The van der Waals surface area contributed by atoms with Crippen LogP contribution in [0, 0.1) is 3.57 Å². The van der Waals surface area contributed by atoms with Crippen LogP contribution in [0.4, 0.5) is 5.69 Å². The maximum Gasteiger partial charge on any atom is 0.259 e. The fourth-order valence-electron chi connectivity index (χ4n) is 2.11. The zero-order valence-corrected chi connectivity index (χ0v) is 14.4. The highest BCUT2D eigenvalue weighted by Crippen LogP contribution is 2.26. The molecule has 0 spiro atoms. The Morgan fingerprint density at radius 3 is 2.26 bits per heavy atom. The molecule has 1 N–H and O–H groups in total. The van der Waals surface area contributed by atoms with Gasteiger partial charge < -0.3 is 10.1 Å².